The number of nitrogens with one attached hydrogen (secondary N) is 1. The second-order valence-electron chi connectivity index (χ2n) is 6.07. The van der Waals surface area contributed by atoms with Crippen LogP contribution in [-0.4, -0.2) is 26.3 Å². The first-order valence-electron chi connectivity index (χ1n) is 5.91. The number of amides is 1. The van der Waals surface area contributed by atoms with Crippen LogP contribution < -0.4 is 4.72 Å². The Balaban J connectivity index is 2.50. The standard InChI is InChI=1S/C11H18F3NO3S/c1-10(2,3)8-4-7(5-8)9(16)15-19(17,18)6-11(12,13)14/h7-8H,4-6H2,1-3H3,(H,15,16). The molecule has 0 aliphatic heterocycles. The topological polar surface area (TPSA) is 63.2 Å². The Bertz CT molecular complexity index is 445. The maximum absolute atomic E-state index is 12.0. The number of sulfonamides is 1. The lowest BCUT2D eigenvalue weighted by Crippen LogP contribution is -2.46. The lowest BCUT2D eigenvalue weighted by atomic mass is 9.63. The first kappa shape index (κ1) is 16.3. The fourth-order valence-electron chi connectivity index (χ4n) is 2.03. The van der Waals surface area contributed by atoms with Crippen molar-refractivity contribution in [3.05, 3.63) is 0 Å². The van der Waals surface area contributed by atoms with E-state index in [2.05, 4.69) is 0 Å². The van der Waals surface area contributed by atoms with Gasteiger partial charge in [0.25, 0.3) is 0 Å². The zero-order valence-electron chi connectivity index (χ0n) is 11.0. The average Bonchev–Trinajstić information content (AvgIpc) is 1.88. The molecule has 0 aromatic heterocycles. The number of carbonyl (C=O) groups excluding carboxylic acids is 1. The molecule has 0 spiro atoms. The lowest BCUT2D eigenvalue weighted by Gasteiger charge is -2.42. The molecule has 1 aliphatic carbocycles. The van der Waals surface area contributed by atoms with Crippen molar-refractivity contribution in [3.63, 3.8) is 0 Å². The van der Waals surface area contributed by atoms with Gasteiger partial charge >= 0.3 is 6.18 Å². The molecule has 0 heterocycles. The molecule has 1 rings (SSSR count). The maximum Gasteiger partial charge on any atom is 0.404 e. The molecule has 8 heteroatoms. The van der Waals surface area contributed by atoms with Crippen molar-refractivity contribution in [1.29, 1.82) is 0 Å². The third kappa shape index (κ3) is 5.00. The van der Waals surface area contributed by atoms with Crippen LogP contribution in [0.2, 0.25) is 0 Å². The van der Waals surface area contributed by atoms with Gasteiger partial charge in [-0.3, -0.25) is 9.52 Å². The molecule has 0 saturated heterocycles. The van der Waals surface area contributed by atoms with Gasteiger partial charge in [-0.15, -0.1) is 0 Å². The van der Waals surface area contributed by atoms with Gasteiger partial charge in [0.2, 0.25) is 15.9 Å². The Morgan fingerprint density at radius 2 is 1.68 bits per heavy atom. The normalized spacial score (nSPS) is 24.7. The molecule has 19 heavy (non-hydrogen) atoms. The van der Waals surface area contributed by atoms with Crippen LogP contribution in [0, 0.1) is 17.3 Å². The molecule has 1 aliphatic rings. The van der Waals surface area contributed by atoms with Gasteiger partial charge in [-0.1, -0.05) is 20.8 Å². The van der Waals surface area contributed by atoms with Gasteiger partial charge in [0.1, 0.15) is 0 Å². The second-order valence-corrected chi connectivity index (χ2v) is 7.79. The number of hydrogen-bond donors (Lipinski definition) is 1. The third-order valence-electron chi connectivity index (χ3n) is 3.34. The highest BCUT2D eigenvalue weighted by molar-refractivity contribution is 7.90. The van der Waals surface area contributed by atoms with Crippen molar-refractivity contribution in [1.82, 2.24) is 4.72 Å². The van der Waals surface area contributed by atoms with Crippen molar-refractivity contribution in [3.8, 4) is 0 Å². The Hall–Kier alpha value is -0.790. The summed E-state index contributed by atoms with van der Waals surface area (Å²) in [6.07, 6.45) is -3.83. The highest BCUT2D eigenvalue weighted by atomic mass is 32.2. The van der Waals surface area contributed by atoms with E-state index in [-0.39, 0.29) is 11.3 Å². The van der Waals surface area contributed by atoms with Crippen LogP contribution >= 0.6 is 0 Å². The summed E-state index contributed by atoms with van der Waals surface area (Å²) >= 11 is 0. The number of hydrogen-bond acceptors (Lipinski definition) is 3. The molecule has 0 aromatic carbocycles. The zero-order valence-corrected chi connectivity index (χ0v) is 11.9. The molecule has 1 N–H and O–H groups in total. The molecule has 112 valence electrons. The summed E-state index contributed by atoms with van der Waals surface area (Å²) < 4.78 is 59.7. The van der Waals surface area contributed by atoms with Gasteiger partial charge in [0.15, 0.2) is 5.75 Å². The van der Waals surface area contributed by atoms with Crippen LogP contribution in [0.4, 0.5) is 13.2 Å². The molecule has 1 fully saturated rings. The maximum atomic E-state index is 12.0. The Morgan fingerprint density at radius 3 is 2.05 bits per heavy atom. The minimum absolute atomic E-state index is 0.0155. The van der Waals surface area contributed by atoms with Crippen LogP contribution in [0.3, 0.4) is 0 Å². The summed E-state index contributed by atoms with van der Waals surface area (Å²) in [7, 11) is -4.64. The zero-order chi connectivity index (χ0) is 15.1. The smallest absolute Gasteiger partial charge is 0.274 e. The summed E-state index contributed by atoms with van der Waals surface area (Å²) in [5, 5.41) is 0. The lowest BCUT2D eigenvalue weighted by molar-refractivity contribution is -0.128. The number of carbonyl (C=O) groups is 1. The van der Waals surface area contributed by atoms with E-state index < -0.39 is 33.8 Å². The van der Waals surface area contributed by atoms with Crippen molar-refractivity contribution in [2.45, 2.75) is 39.8 Å². The third-order valence-corrected chi connectivity index (χ3v) is 4.56. The van der Waals surface area contributed by atoms with E-state index in [1.165, 1.54) is 4.72 Å². The van der Waals surface area contributed by atoms with E-state index in [1.807, 2.05) is 20.8 Å². The average molecular weight is 301 g/mol. The Kier molecular flexibility index (Phi) is 4.24. The largest absolute Gasteiger partial charge is 0.404 e. The fraction of sp³-hybridized carbons (Fsp3) is 0.909. The van der Waals surface area contributed by atoms with Gasteiger partial charge in [0, 0.05) is 5.92 Å². The molecule has 1 amide bonds. The Labute approximate surface area is 110 Å². The number of rotatable bonds is 3. The second kappa shape index (κ2) is 4.96. The summed E-state index contributed by atoms with van der Waals surface area (Å²) in [6.45, 7) is 6.02. The predicted molar refractivity (Wildman–Crippen MR) is 63.7 cm³/mol. The van der Waals surface area contributed by atoms with E-state index in [9.17, 15) is 26.4 Å². The number of halogens is 3. The van der Waals surface area contributed by atoms with Crippen LogP contribution in [-0.2, 0) is 14.8 Å². The van der Waals surface area contributed by atoms with E-state index in [4.69, 9.17) is 0 Å². The molecule has 0 bridgehead atoms. The van der Waals surface area contributed by atoms with Crippen LogP contribution in [0.5, 0.6) is 0 Å². The van der Waals surface area contributed by atoms with E-state index >= 15 is 0 Å². The Morgan fingerprint density at radius 1 is 1.21 bits per heavy atom. The minimum Gasteiger partial charge on any atom is -0.274 e. The molecule has 0 atom stereocenters. The van der Waals surface area contributed by atoms with Crippen LogP contribution in [0.1, 0.15) is 33.6 Å². The van der Waals surface area contributed by atoms with Gasteiger partial charge in [-0.05, 0) is 24.2 Å². The molecule has 0 radical (unpaired) electrons. The molecule has 0 unspecified atom stereocenters. The van der Waals surface area contributed by atoms with E-state index in [1.54, 1.807) is 0 Å². The van der Waals surface area contributed by atoms with Gasteiger partial charge in [0.05, 0.1) is 0 Å². The molecule has 4 nitrogen and oxygen atoms in total. The van der Waals surface area contributed by atoms with Crippen molar-refractivity contribution in [2.75, 3.05) is 5.75 Å². The highest BCUT2D eigenvalue weighted by Gasteiger charge is 2.43. The SMILES string of the molecule is CC(C)(C)C1CC(C(=O)NS(=O)(=O)CC(F)(F)F)C1. The van der Waals surface area contributed by atoms with Crippen LogP contribution in [0.15, 0.2) is 0 Å². The predicted octanol–water partition coefficient (Wildman–Crippen LogP) is 2.07. The van der Waals surface area contributed by atoms with E-state index in [0.717, 1.165) is 0 Å². The van der Waals surface area contributed by atoms with Crippen molar-refractivity contribution < 1.29 is 26.4 Å². The fourth-order valence-corrected chi connectivity index (χ4v) is 3.00. The molecular weight excluding hydrogens is 283 g/mol. The first-order chi connectivity index (χ1) is 8.30. The molecule has 0 aromatic rings. The van der Waals surface area contributed by atoms with Gasteiger partial charge in [-0.2, -0.15) is 13.2 Å². The summed E-state index contributed by atoms with van der Waals surface area (Å²) in [5.41, 5.74) is 0.0155. The summed E-state index contributed by atoms with van der Waals surface area (Å²) in [5.74, 6) is -3.08. The van der Waals surface area contributed by atoms with Crippen LogP contribution in [0.25, 0.3) is 0 Å². The quantitative estimate of drug-likeness (QED) is 0.868. The van der Waals surface area contributed by atoms with Crippen molar-refractivity contribution in [2.24, 2.45) is 17.3 Å². The summed E-state index contributed by atoms with van der Waals surface area (Å²) in [6, 6.07) is 0. The van der Waals surface area contributed by atoms with Crippen molar-refractivity contribution >= 4 is 15.9 Å². The molecular formula is C11H18F3NO3S. The first-order valence-corrected chi connectivity index (χ1v) is 7.56. The summed E-state index contributed by atoms with van der Waals surface area (Å²) in [4.78, 5) is 11.5. The van der Waals surface area contributed by atoms with Gasteiger partial charge < -0.3 is 0 Å². The van der Waals surface area contributed by atoms with E-state index in [0.29, 0.717) is 12.8 Å². The number of alkyl halides is 3. The van der Waals surface area contributed by atoms with Gasteiger partial charge in [-0.25, -0.2) is 8.42 Å². The highest BCUT2D eigenvalue weighted by Crippen LogP contribution is 2.45. The molecule has 1 saturated carbocycles. The minimum atomic E-state index is -4.85. The monoisotopic (exact) mass is 301 g/mol.